The normalized spacial score (nSPS) is 25.4. The van der Waals surface area contributed by atoms with Crippen LogP contribution in [0.25, 0.3) is 0 Å². The number of rotatable bonds is 3. The summed E-state index contributed by atoms with van der Waals surface area (Å²) in [5, 5.41) is 0. The van der Waals surface area contributed by atoms with Crippen molar-refractivity contribution < 1.29 is 14.3 Å². The van der Waals surface area contributed by atoms with Crippen molar-refractivity contribution in [3.8, 4) is 0 Å². The Morgan fingerprint density at radius 3 is 2.33 bits per heavy atom. The van der Waals surface area contributed by atoms with Crippen LogP contribution in [0.3, 0.4) is 0 Å². The van der Waals surface area contributed by atoms with E-state index in [0.717, 1.165) is 38.5 Å². The van der Waals surface area contributed by atoms with Crippen molar-refractivity contribution in [2.75, 3.05) is 19.8 Å². The molecular formula is C14H25NO3. The molecule has 1 saturated heterocycles. The van der Waals surface area contributed by atoms with Gasteiger partial charge in [0, 0.05) is 19.4 Å². The number of hydrogen-bond acceptors (Lipinski definition) is 4. The second-order valence-corrected chi connectivity index (χ2v) is 5.62. The summed E-state index contributed by atoms with van der Waals surface area (Å²) < 4.78 is 11.0. The molecule has 2 aliphatic rings. The lowest BCUT2D eigenvalue weighted by molar-refractivity contribution is -0.166. The molecule has 0 spiro atoms. The molecule has 2 fully saturated rings. The first-order chi connectivity index (χ1) is 8.77. The lowest BCUT2D eigenvalue weighted by Gasteiger charge is -2.32. The first-order valence-electron chi connectivity index (χ1n) is 7.26. The number of ether oxygens (including phenoxy) is 2. The number of carbonyl (C=O) groups is 1. The molecule has 1 saturated carbocycles. The molecule has 1 aliphatic heterocycles. The van der Waals surface area contributed by atoms with E-state index in [1.54, 1.807) is 0 Å². The smallest absolute Gasteiger partial charge is 0.313 e. The quantitative estimate of drug-likeness (QED) is 0.619. The first kappa shape index (κ1) is 13.8. The fourth-order valence-corrected chi connectivity index (χ4v) is 2.97. The van der Waals surface area contributed by atoms with Gasteiger partial charge in [-0.3, -0.25) is 4.79 Å². The predicted molar refractivity (Wildman–Crippen MR) is 69.1 cm³/mol. The second-order valence-electron chi connectivity index (χ2n) is 5.62. The minimum Gasteiger partial charge on any atom is -0.462 e. The Labute approximate surface area is 109 Å². The molecule has 0 atom stereocenters. The van der Waals surface area contributed by atoms with E-state index in [1.807, 2.05) is 0 Å². The maximum Gasteiger partial charge on any atom is 0.313 e. The van der Waals surface area contributed by atoms with Gasteiger partial charge in [0.05, 0.1) is 18.6 Å². The van der Waals surface area contributed by atoms with E-state index in [9.17, 15) is 4.79 Å². The van der Waals surface area contributed by atoms with Gasteiger partial charge in [0.15, 0.2) is 0 Å². The van der Waals surface area contributed by atoms with Crippen LogP contribution in [0.15, 0.2) is 0 Å². The van der Waals surface area contributed by atoms with Crippen LogP contribution >= 0.6 is 0 Å². The summed E-state index contributed by atoms with van der Waals surface area (Å²) in [6.07, 6.45) is 8.10. The molecule has 0 radical (unpaired) electrons. The standard InChI is InChI=1S/C14H25NO3/c15-11-14(7-3-1-2-4-8-14)13(16)18-12-5-9-17-10-6-12/h12H,1-11,15H2. The van der Waals surface area contributed by atoms with Gasteiger partial charge in [-0.2, -0.15) is 0 Å². The molecule has 0 aromatic heterocycles. The molecule has 2 N–H and O–H groups in total. The highest BCUT2D eigenvalue weighted by Crippen LogP contribution is 2.36. The molecule has 4 nitrogen and oxygen atoms in total. The van der Waals surface area contributed by atoms with Crippen LogP contribution < -0.4 is 5.73 Å². The van der Waals surface area contributed by atoms with Gasteiger partial charge < -0.3 is 15.2 Å². The molecule has 0 aromatic carbocycles. The summed E-state index contributed by atoms with van der Waals surface area (Å²) in [6.45, 7) is 1.83. The van der Waals surface area contributed by atoms with E-state index < -0.39 is 5.41 Å². The van der Waals surface area contributed by atoms with Crippen LogP contribution in [0.1, 0.15) is 51.4 Å². The Kier molecular flexibility index (Phi) is 5.01. The molecule has 4 heteroatoms. The van der Waals surface area contributed by atoms with E-state index >= 15 is 0 Å². The summed E-state index contributed by atoms with van der Waals surface area (Å²) in [6, 6.07) is 0. The number of nitrogens with two attached hydrogens (primary N) is 1. The topological polar surface area (TPSA) is 61.6 Å². The van der Waals surface area contributed by atoms with Crippen molar-refractivity contribution in [2.24, 2.45) is 11.1 Å². The summed E-state index contributed by atoms with van der Waals surface area (Å²) >= 11 is 0. The van der Waals surface area contributed by atoms with Gasteiger partial charge in [-0.1, -0.05) is 25.7 Å². The first-order valence-corrected chi connectivity index (χ1v) is 7.26. The highest BCUT2D eigenvalue weighted by molar-refractivity contribution is 5.77. The van der Waals surface area contributed by atoms with Gasteiger partial charge in [0.1, 0.15) is 6.10 Å². The van der Waals surface area contributed by atoms with E-state index in [-0.39, 0.29) is 12.1 Å². The van der Waals surface area contributed by atoms with E-state index in [1.165, 1.54) is 12.8 Å². The lowest BCUT2D eigenvalue weighted by atomic mass is 9.80. The molecule has 0 aromatic rings. The zero-order chi connectivity index (χ0) is 12.8. The van der Waals surface area contributed by atoms with Crippen molar-refractivity contribution >= 4 is 5.97 Å². The van der Waals surface area contributed by atoms with E-state index in [2.05, 4.69) is 0 Å². The van der Waals surface area contributed by atoms with Crippen LogP contribution in [-0.4, -0.2) is 31.8 Å². The number of carbonyl (C=O) groups excluding carboxylic acids is 1. The molecule has 0 bridgehead atoms. The maximum absolute atomic E-state index is 12.4. The third kappa shape index (κ3) is 3.23. The maximum atomic E-state index is 12.4. The van der Waals surface area contributed by atoms with E-state index in [4.69, 9.17) is 15.2 Å². The average molecular weight is 255 g/mol. The van der Waals surface area contributed by atoms with Crippen LogP contribution in [0.5, 0.6) is 0 Å². The third-order valence-electron chi connectivity index (χ3n) is 4.33. The average Bonchev–Trinajstić information content (AvgIpc) is 2.66. The molecule has 1 aliphatic carbocycles. The highest BCUT2D eigenvalue weighted by Gasteiger charge is 2.40. The minimum absolute atomic E-state index is 0.0397. The fourth-order valence-electron chi connectivity index (χ4n) is 2.97. The van der Waals surface area contributed by atoms with Crippen molar-refractivity contribution in [3.63, 3.8) is 0 Å². The molecule has 104 valence electrons. The van der Waals surface area contributed by atoms with E-state index in [0.29, 0.717) is 19.8 Å². The lowest BCUT2D eigenvalue weighted by Crippen LogP contribution is -2.42. The predicted octanol–water partition coefficient (Wildman–Crippen LogP) is 2.01. The Balaban J connectivity index is 1.94. The highest BCUT2D eigenvalue weighted by atomic mass is 16.6. The number of esters is 1. The zero-order valence-corrected chi connectivity index (χ0v) is 11.2. The third-order valence-corrected chi connectivity index (χ3v) is 4.33. The Morgan fingerprint density at radius 1 is 1.17 bits per heavy atom. The Morgan fingerprint density at radius 2 is 1.78 bits per heavy atom. The summed E-state index contributed by atoms with van der Waals surface area (Å²) in [5.74, 6) is -0.0567. The number of hydrogen-bond donors (Lipinski definition) is 1. The largest absolute Gasteiger partial charge is 0.462 e. The van der Waals surface area contributed by atoms with Gasteiger partial charge >= 0.3 is 5.97 Å². The van der Waals surface area contributed by atoms with Gasteiger partial charge in [-0.05, 0) is 12.8 Å². The Hall–Kier alpha value is -0.610. The van der Waals surface area contributed by atoms with Crippen molar-refractivity contribution in [1.29, 1.82) is 0 Å². The SMILES string of the molecule is NCC1(C(=O)OC2CCOCC2)CCCCCC1. The molecule has 1 heterocycles. The molecular weight excluding hydrogens is 230 g/mol. The molecule has 18 heavy (non-hydrogen) atoms. The van der Waals surface area contributed by atoms with Crippen LogP contribution in [-0.2, 0) is 14.3 Å². The second kappa shape index (κ2) is 6.53. The zero-order valence-electron chi connectivity index (χ0n) is 11.2. The van der Waals surface area contributed by atoms with Gasteiger partial charge in [0.2, 0.25) is 0 Å². The molecule has 0 amide bonds. The van der Waals surface area contributed by atoms with Crippen LogP contribution in [0.2, 0.25) is 0 Å². The Bertz CT molecular complexity index is 266. The van der Waals surface area contributed by atoms with Crippen LogP contribution in [0.4, 0.5) is 0 Å². The van der Waals surface area contributed by atoms with Crippen LogP contribution in [0, 0.1) is 5.41 Å². The summed E-state index contributed by atoms with van der Waals surface area (Å²) in [5.41, 5.74) is 5.48. The minimum atomic E-state index is -0.408. The van der Waals surface area contributed by atoms with Gasteiger partial charge in [-0.25, -0.2) is 0 Å². The monoisotopic (exact) mass is 255 g/mol. The van der Waals surface area contributed by atoms with Crippen molar-refractivity contribution in [3.05, 3.63) is 0 Å². The summed E-state index contributed by atoms with van der Waals surface area (Å²) in [7, 11) is 0. The van der Waals surface area contributed by atoms with Crippen molar-refractivity contribution in [2.45, 2.75) is 57.5 Å². The van der Waals surface area contributed by atoms with Gasteiger partial charge in [-0.15, -0.1) is 0 Å². The molecule has 2 rings (SSSR count). The van der Waals surface area contributed by atoms with Gasteiger partial charge in [0.25, 0.3) is 0 Å². The van der Waals surface area contributed by atoms with Crippen molar-refractivity contribution in [1.82, 2.24) is 0 Å². The summed E-state index contributed by atoms with van der Waals surface area (Å²) in [4.78, 5) is 12.4. The molecule has 0 unspecified atom stereocenters. The fraction of sp³-hybridized carbons (Fsp3) is 0.929.